The minimum atomic E-state index is 0.943. The van der Waals surface area contributed by atoms with Crippen LogP contribution < -0.4 is 9.47 Å². The molecule has 0 N–H and O–H groups in total. The maximum Gasteiger partial charge on any atom is 0.211 e. The van der Waals surface area contributed by atoms with Crippen LogP contribution in [0.3, 0.4) is 0 Å². The van der Waals surface area contributed by atoms with Gasteiger partial charge in [-0.25, -0.2) is 0 Å². The molecule has 0 fully saturated rings. The molecule has 0 spiro atoms. The van der Waals surface area contributed by atoms with E-state index in [0.29, 0.717) is 0 Å². The van der Waals surface area contributed by atoms with Crippen LogP contribution in [0.15, 0.2) is 72.8 Å². The minimum Gasteiger partial charge on any atom is -0.341 e. The summed E-state index contributed by atoms with van der Waals surface area (Å²) in [6.45, 7) is 7.47. The maximum absolute atomic E-state index is 2.34. The summed E-state index contributed by atoms with van der Waals surface area (Å²) in [5.41, 5.74) is 6.14. The standard InChI is InChI=1S/C21H23N2/c1-4-22(19-11-7-5-8-12-19)21-15-17(2)23(18(3)16-21)20-13-9-6-10-14-20/h5-16H,4H2,1-3H3/q+1. The Kier molecular flexibility index (Phi) is 4.42. The molecule has 0 aliphatic heterocycles. The Morgan fingerprint density at radius 3 is 1.78 bits per heavy atom. The van der Waals surface area contributed by atoms with Gasteiger partial charge in [0.15, 0.2) is 11.4 Å². The number of rotatable bonds is 4. The molecule has 3 rings (SSSR count). The van der Waals surface area contributed by atoms with Gasteiger partial charge in [0.1, 0.15) is 0 Å². The van der Waals surface area contributed by atoms with E-state index in [-0.39, 0.29) is 0 Å². The lowest BCUT2D eigenvalue weighted by Crippen LogP contribution is -2.38. The summed E-state index contributed by atoms with van der Waals surface area (Å²) in [7, 11) is 0. The summed E-state index contributed by atoms with van der Waals surface area (Å²) >= 11 is 0. The van der Waals surface area contributed by atoms with Gasteiger partial charge in [-0.05, 0) is 19.1 Å². The molecule has 0 saturated carbocycles. The van der Waals surface area contributed by atoms with Crippen molar-refractivity contribution < 1.29 is 4.57 Å². The number of nitrogens with zero attached hydrogens (tertiary/aromatic N) is 2. The Morgan fingerprint density at radius 1 is 0.739 bits per heavy atom. The van der Waals surface area contributed by atoms with Crippen LogP contribution in [-0.4, -0.2) is 6.54 Å². The van der Waals surface area contributed by atoms with E-state index in [1.165, 1.54) is 28.5 Å². The van der Waals surface area contributed by atoms with E-state index >= 15 is 0 Å². The first-order valence-corrected chi connectivity index (χ1v) is 8.12. The zero-order valence-electron chi connectivity index (χ0n) is 14.0. The number of anilines is 2. The number of benzene rings is 2. The van der Waals surface area contributed by atoms with Crippen molar-refractivity contribution in [2.75, 3.05) is 11.4 Å². The smallest absolute Gasteiger partial charge is 0.211 e. The molecule has 0 radical (unpaired) electrons. The van der Waals surface area contributed by atoms with Crippen molar-refractivity contribution in [3.63, 3.8) is 0 Å². The molecule has 0 bridgehead atoms. The minimum absolute atomic E-state index is 0.943. The number of para-hydroxylation sites is 2. The lowest BCUT2D eigenvalue weighted by Gasteiger charge is -2.23. The average molecular weight is 303 g/mol. The van der Waals surface area contributed by atoms with E-state index in [2.05, 4.69) is 103 Å². The second kappa shape index (κ2) is 6.66. The Hall–Kier alpha value is -2.61. The first-order valence-electron chi connectivity index (χ1n) is 8.12. The van der Waals surface area contributed by atoms with Crippen LogP contribution in [0.5, 0.6) is 0 Å². The number of hydrogen-bond donors (Lipinski definition) is 0. The fourth-order valence-electron chi connectivity index (χ4n) is 3.14. The quantitative estimate of drug-likeness (QED) is 0.632. The van der Waals surface area contributed by atoms with Crippen molar-refractivity contribution in [3.8, 4) is 5.69 Å². The highest BCUT2D eigenvalue weighted by Gasteiger charge is 2.18. The molecule has 0 amide bonds. The molecule has 23 heavy (non-hydrogen) atoms. The molecule has 0 saturated heterocycles. The lowest BCUT2D eigenvalue weighted by molar-refractivity contribution is -0.609. The zero-order valence-corrected chi connectivity index (χ0v) is 14.0. The molecule has 0 aliphatic carbocycles. The molecule has 0 aliphatic rings. The van der Waals surface area contributed by atoms with Crippen LogP contribution in [0.2, 0.25) is 0 Å². The van der Waals surface area contributed by atoms with Gasteiger partial charge in [0.2, 0.25) is 5.69 Å². The van der Waals surface area contributed by atoms with Crippen molar-refractivity contribution >= 4 is 11.4 Å². The largest absolute Gasteiger partial charge is 0.341 e. The lowest BCUT2D eigenvalue weighted by atomic mass is 10.2. The number of aromatic nitrogens is 1. The van der Waals surface area contributed by atoms with Crippen molar-refractivity contribution in [3.05, 3.63) is 84.2 Å². The predicted molar refractivity (Wildman–Crippen MR) is 96.6 cm³/mol. The van der Waals surface area contributed by atoms with Gasteiger partial charge in [0.05, 0.1) is 5.69 Å². The molecule has 1 heterocycles. The number of aryl methyl sites for hydroxylation is 2. The molecule has 116 valence electrons. The third-order valence-corrected chi connectivity index (χ3v) is 4.13. The fraction of sp³-hybridized carbons (Fsp3) is 0.190. The fourth-order valence-corrected chi connectivity index (χ4v) is 3.14. The van der Waals surface area contributed by atoms with Crippen molar-refractivity contribution in [1.29, 1.82) is 0 Å². The Bertz CT molecular complexity index is 756. The molecule has 2 aromatic carbocycles. The normalized spacial score (nSPS) is 10.6. The van der Waals surface area contributed by atoms with Crippen LogP contribution in [0.1, 0.15) is 18.3 Å². The summed E-state index contributed by atoms with van der Waals surface area (Å²) in [4.78, 5) is 2.34. The summed E-state index contributed by atoms with van der Waals surface area (Å²) < 4.78 is 2.29. The molecule has 2 nitrogen and oxygen atoms in total. The van der Waals surface area contributed by atoms with Gasteiger partial charge in [-0.2, -0.15) is 4.57 Å². The second-order valence-corrected chi connectivity index (χ2v) is 5.75. The average Bonchev–Trinajstić information content (AvgIpc) is 2.57. The summed E-state index contributed by atoms with van der Waals surface area (Å²) in [5.74, 6) is 0. The molecule has 1 aromatic heterocycles. The van der Waals surface area contributed by atoms with Gasteiger partial charge in [-0.3, -0.25) is 0 Å². The third-order valence-electron chi connectivity index (χ3n) is 4.13. The Labute approximate surface area is 138 Å². The van der Waals surface area contributed by atoms with Crippen molar-refractivity contribution in [2.45, 2.75) is 20.8 Å². The Balaban J connectivity index is 2.06. The highest BCUT2D eigenvalue weighted by Crippen LogP contribution is 2.25. The van der Waals surface area contributed by atoms with Gasteiger partial charge in [-0.1, -0.05) is 36.4 Å². The topological polar surface area (TPSA) is 7.12 Å². The summed E-state index contributed by atoms with van der Waals surface area (Å²) in [5, 5.41) is 0. The van der Waals surface area contributed by atoms with Gasteiger partial charge in [0, 0.05) is 50.3 Å². The van der Waals surface area contributed by atoms with Crippen LogP contribution >= 0.6 is 0 Å². The first kappa shape index (κ1) is 15.3. The predicted octanol–water partition coefficient (Wildman–Crippen LogP) is 4.74. The second-order valence-electron chi connectivity index (χ2n) is 5.75. The molecule has 0 atom stereocenters. The third kappa shape index (κ3) is 3.11. The van der Waals surface area contributed by atoms with Gasteiger partial charge < -0.3 is 4.90 Å². The molecule has 3 aromatic rings. The van der Waals surface area contributed by atoms with E-state index in [4.69, 9.17) is 0 Å². The first-order chi connectivity index (χ1) is 11.2. The van der Waals surface area contributed by atoms with Crippen LogP contribution in [0.4, 0.5) is 11.4 Å². The van der Waals surface area contributed by atoms with Crippen LogP contribution in [-0.2, 0) is 0 Å². The summed E-state index contributed by atoms with van der Waals surface area (Å²) in [6, 6.07) is 25.6. The van der Waals surface area contributed by atoms with E-state index in [9.17, 15) is 0 Å². The molecule has 0 unspecified atom stereocenters. The van der Waals surface area contributed by atoms with Gasteiger partial charge >= 0.3 is 0 Å². The van der Waals surface area contributed by atoms with E-state index in [1.807, 2.05) is 0 Å². The van der Waals surface area contributed by atoms with E-state index in [0.717, 1.165) is 6.54 Å². The molecular formula is C21H23N2+. The van der Waals surface area contributed by atoms with Crippen molar-refractivity contribution in [2.24, 2.45) is 0 Å². The zero-order chi connectivity index (χ0) is 16.2. The highest BCUT2D eigenvalue weighted by atomic mass is 15.1. The van der Waals surface area contributed by atoms with E-state index < -0.39 is 0 Å². The van der Waals surface area contributed by atoms with Gasteiger partial charge in [0.25, 0.3) is 0 Å². The highest BCUT2D eigenvalue weighted by molar-refractivity contribution is 5.63. The molecule has 2 heteroatoms. The maximum atomic E-state index is 2.34. The number of hydrogen-bond acceptors (Lipinski definition) is 1. The monoisotopic (exact) mass is 303 g/mol. The number of pyridine rings is 1. The SMILES string of the molecule is CCN(c1ccccc1)c1cc(C)[n+](-c2ccccc2)c(C)c1. The van der Waals surface area contributed by atoms with Crippen molar-refractivity contribution in [1.82, 2.24) is 0 Å². The van der Waals surface area contributed by atoms with Crippen LogP contribution in [0, 0.1) is 13.8 Å². The Morgan fingerprint density at radius 2 is 1.26 bits per heavy atom. The van der Waals surface area contributed by atoms with E-state index in [1.54, 1.807) is 0 Å². The van der Waals surface area contributed by atoms with Gasteiger partial charge in [-0.15, -0.1) is 0 Å². The summed E-state index contributed by atoms with van der Waals surface area (Å²) in [6.07, 6.45) is 0. The van der Waals surface area contributed by atoms with Crippen LogP contribution in [0.25, 0.3) is 5.69 Å². The molecular weight excluding hydrogens is 280 g/mol.